The molecule has 116 valence electrons. The largest absolute Gasteiger partial charge is 0.411 e. The number of thiocarbonyl (C=S) groups is 1. The summed E-state index contributed by atoms with van der Waals surface area (Å²) in [7, 11) is 0. The number of carbonyl (C=O) groups excluding carboxylic acids is 1. The second-order valence-corrected chi connectivity index (χ2v) is 4.87. The van der Waals surface area contributed by atoms with Crippen LogP contribution >= 0.6 is 23.8 Å². The van der Waals surface area contributed by atoms with Crippen molar-refractivity contribution in [3.8, 4) is 0 Å². The summed E-state index contributed by atoms with van der Waals surface area (Å²) in [6, 6.07) is 4.56. The van der Waals surface area contributed by atoms with Gasteiger partial charge in [0.2, 0.25) is 5.91 Å². The number of halogens is 4. The fraction of sp³-hybridized carbons (Fsp3) is 0.333. The van der Waals surface area contributed by atoms with Gasteiger partial charge < -0.3 is 15.8 Å². The van der Waals surface area contributed by atoms with Gasteiger partial charge in [-0.2, -0.15) is 13.2 Å². The number of amides is 1. The van der Waals surface area contributed by atoms with Crippen LogP contribution in [0, 0.1) is 0 Å². The number of anilines is 1. The lowest BCUT2D eigenvalue weighted by Crippen LogP contribution is -2.20. The van der Waals surface area contributed by atoms with Crippen LogP contribution in [0.25, 0.3) is 0 Å². The standard InChI is InChI=1S/C12H12ClF3N2O2S/c13-8-5-7(11(17)21)1-2-9(8)18-10(19)3-4-20-6-12(14,15)16/h1-2,5H,3-4,6H2,(H2,17,21)(H,18,19). The van der Waals surface area contributed by atoms with E-state index >= 15 is 0 Å². The van der Waals surface area contributed by atoms with Crippen LogP contribution in [0.1, 0.15) is 12.0 Å². The van der Waals surface area contributed by atoms with Gasteiger partial charge in [-0.25, -0.2) is 0 Å². The Morgan fingerprint density at radius 3 is 2.62 bits per heavy atom. The minimum Gasteiger partial charge on any atom is -0.389 e. The van der Waals surface area contributed by atoms with Gasteiger partial charge in [-0.15, -0.1) is 0 Å². The monoisotopic (exact) mass is 340 g/mol. The third-order valence-electron chi connectivity index (χ3n) is 2.27. The van der Waals surface area contributed by atoms with E-state index in [9.17, 15) is 18.0 Å². The van der Waals surface area contributed by atoms with Crippen molar-refractivity contribution in [3.63, 3.8) is 0 Å². The highest BCUT2D eigenvalue weighted by Crippen LogP contribution is 2.23. The van der Waals surface area contributed by atoms with Gasteiger partial charge in [0.05, 0.1) is 23.7 Å². The Labute approximate surface area is 129 Å². The predicted octanol–water partition coefficient (Wildman–Crippen LogP) is 2.88. The zero-order valence-electron chi connectivity index (χ0n) is 10.7. The first kappa shape index (κ1) is 17.7. The molecule has 0 aliphatic heterocycles. The molecule has 4 nitrogen and oxygen atoms in total. The molecule has 0 aromatic heterocycles. The summed E-state index contributed by atoms with van der Waals surface area (Å²) >= 11 is 10.7. The number of nitrogens with two attached hydrogens (primary N) is 1. The molecule has 0 aliphatic carbocycles. The summed E-state index contributed by atoms with van der Waals surface area (Å²) in [6.45, 7) is -1.72. The van der Waals surface area contributed by atoms with Gasteiger partial charge in [0.15, 0.2) is 0 Å². The summed E-state index contributed by atoms with van der Waals surface area (Å²) in [5.41, 5.74) is 6.29. The molecule has 0 saturated heterocycles. The van der Waals surface area contributed by atoms with Crippen molar-refractivity contribution in [1.82, 2.24) is 0 Å². The van der Waals surface area contributed by atoms with Crippen LogP contribution in [0.3, 0.4) is 0 Å². The highest BCUT2D eigenvalue weighted by Gasteiger charge is 2.27. The first-order chi connectivity index (χ1) is 9.69. The summed E-state index contributed by atoms with van der Waals surface area (Å²) in [6.07, 6.45) is -4.63. The van der Waals surface area contributed by atoms with Gasteiger partial charge in [0.1, 0.15) is 11.6 Å². The molecular weight excluding hydrogens is 329 g/mol. The zero-order chi connectivity index (χ0) is 16.0. The fourth-order valence-electron chi connectivity index (χ4n) is 1.34. The van der Waals surface area contributed by atoms with Crippen LogP contribution in [0.5, 0.6) is 0 Å². The molecular formula is C12H12ClF3N2O2S. The van der Waals surface area contributed by atoms with E-state index in [1.165, 1.54) is 12.1 Å². The summed E-state index contributed by atoms with van der Waals surface area (Å²) in [4.78, 5) is 11.7. The number of rotatable bonds is 6. The molecule has 0 aliphatic rings. The Bertz CT molecular complexity index is 538. The highest BCUT2D eigenvalue weighted by atomic mass is 35.5. The maximum Gasteiger partial charge on any atom is 0.411 e. The molecule has 0 unspecified atom stereocenters. The lowest BCUT2D eigenvalue weighted by molar-refractivity contribution is -0.174. The van der Waals surface area contributed by atoms with E-state index < -0.39 is 18.7 Å². The smallest absolute Gasteiger partial charge is 0.389 e. The molecule has 1 aromatic carbocycles. The third kappa shape index (κ3) is 6.74. The van der Waals surface area contributed by atoms with Crippen LogP contribution in [-0.4, -0.2) is 30.3 Å². The number of carbonyl (C=O) groups is 1. The third-order valence-corrected chi connectivity index (χ3v) is 2.82. The topological polar surface area (TPSA) is 64.3 Å². The van der Waals surface area contributed by atoms with Gasteiger partial charge in [0.25, 0.3) is 0 Å². The Kier molecular flexibility index (Phi) is 6.38. The normalized spacial score (nSPS) is 11.2. The maximum absolute atomic E-state index is 11.8. The first-order valence-electron chi connectivity index (χ1n) is 5.73. The Hall–Kier alpha value is -1.38. The Morgan fingerprint density at radius 2 is 2.10 bits per heavy atom. The maximum atomic E-state index is 11.8. The van der Waals surface area contributed by atoms with Gasteiger partial charge in [0, 0.05) is 5.56 Å². The van der Waals surface area contributed by atoms with Gasteiger partial charge in [-0.1, -0.05) is 23.8 Å². The molecule has 1 aromatic rings. The highest BCUT2D eigenvalue weighted by molar-refractivity contribution is 7.80. The second kappa shape index (κ2) is 7.58. The molecule has 9 heteroatoms. The van der Waals surface area contributed by atoms with Crippen molar-refractivity contribution in [2.75, 3.05) is 18.5 Å². The van der Waals surface area contributed by atoms with Crippen LogP contribution in [-0.2, 0) is 9.53 Å². The Balaban J connectivity index is 2.46. The summed E-state index contributed by atoms with van der Waals surface area (Å²) < 4.78 is 39.8. The van der Waals surface area contributed by atoms with Gasteiger partial charge in [-0.3, -0.25) is 4.79 Å². The average molecular weight is 341 g/mol. The molecule has 0 saturated carbocycles. The predicted molar refractivity (Wildman–Crippen MR) is 77.5 cm³/mol. The molecule has 1 amide bonds. The lowest BCUT2D eigenvalue weighted by Gasteiger charge is -2.10. The van der Waals surface area contributed by atoms with Crippen molar-refractivity contribution < 1.29 is 22.7 Å². The molecule has 3 N–H and O–H groups in total. The van der Waals surface area contributed by atoms with E-state index in [0.29, 0.717) is 11.3 Å². The SMILES string of the molecule is NC(=S)c1ccc(NC(=O)CCOCC(F)(F)F)c(Cl)c1. The fourth-order valence-corrected chi connectivity index (χ4v) is 1.69. The van der Waals surface area contributed by atoms with Crippen molar-refractivity contribution in [2.45, 2.75) is 12.6 Å². The number of benzene rings is 1. The zero-order valence-corrected chi connectivity index (χ0v) is 12.2. The quantitative estimate of drug-likeness (QED) is 0.617. The van der Waals surface area contributed by atoms with Crippen molar-refractivity contribution in [2.24, 2.45) is 5.73 Å². The van der Waals surface area contributed by atoms with Crippen LogP contribution in [0.4, 0.5) is 18.9 Å². The summed E-state index contributed by atoms with van der Waals surface area (Å²) in [5.74, 6) is -0.512. The first-order valence-corrected chi connectivity index (χ1v) is 6.51. The van der Waals surface area contributed by atoms with Crippen molar-refractivity contribution in [3.05, 3.63) is 28.8 Å². The number of hydrogen-bond donors (Lipinski definition) is 2. The molecule has 0 heterocycles. The van der Waals surface area contributed by atoms with E-state index in [1.54, 1.807) is 6.07 Å². The molecule has 0 spiro atoms. The number of hydrogen-bond acceptors (Lipinski definition) is 3. The number of ether oxygens (including phenoxy) is 1. The van der Waals surface area contributed by atoms with E-state index in [4.69, 9.17) is 29.6 Å². The molecule has 0 atom stereocenters. The van der Waals surface area contributed by atoms with Crippen LogP contribution in [0.2, 0.25) is 5.02 Å². The van der Waals surface area contributed by atoms with Gasteiger partial charge >= 0.3 is 6.18 Å². The molecule has 21 heavy (non-hydrogen) atoms. The molecule has 0 bridgehead atoms. The average Bonchev–Trinajstić information content (AvgIpc) is 2.36. The summed E-state index contributed by atoms with van der Waals surface area (Å²) in [5, 5.41) is 2.68. The molecule has 1 rings (SSSR count). The lowest BCUT2D eigenvalue weighted by atomic mass is 10.2. The van der Waals surface area contributed by atoms with Crippen molar-refractivity contribution >= 4 is 40.4 Å². The van der Waals surface area contributed by atoms with E-state index in [1.807, 2.05) is 0 Å². The second-order valence-electron chi connectivity index (χ2n) is 4.02. The Morgan fingerprint density at radius 1 is 1.43 bits per heavy atom. The number of nitrogens with one attached hydrogen (secondary N) is 1. The van der Waals surface area contributed by atoms with Gasteiger partial charge in [-0.05, 0) is 18.2 Å². The minimum absolute atomic E-state index is 0.162. The number of alkyl halides is 3. The minimum atomic E-state index is -4.41. The van der Waals surface area contributed by atoms with E-state index in [2.05, 4.69) is 10.1 Å². The van der Waals surface area contributed by atoms with Crippen LogP contribution < -0.4 is 11.1 Å². The van der Waals surface area contributed by atoms with E-state index in [0.717, 1.165) is 0 Å². The molecule has 0 radical (unpaired) electrons. The molecule has 0 fully saturated rings. The van der Waals surface area contributed by atoms with Crippen LogP contribution in [0.15, 0.2) is 18.2 Å². The van der Waals surface area contributed by atoms with Crippen molar-refractivity contribution in [1.29, 1.82) is 0 Å². The van der Waals surface area contributed by atoms with E-state index in [-0.39, 0.29) is 23.0 Å².